The molecule has 3 N–H and O–H groups in total. The Labute approximate surface area is 92.8 Å². The summed E-state index contributed by atoms with van der Waals surface area (Å²) in [5.41, 5.74) is 5.95. The Balaban J connectivity index is 1.90. The van der Waals surface area contributed by atoms with Crippen LogP contribution in [0.3, 0.4) is 0 Å². The first-order valence-corrected chi connectivity index (χ1v) is 6.14. The van der Waals surface area contributed by atoms with Crippen molar-refractivity contribution in [3.63, 3.8) is 0 Å². The molecule has 0 aromatic carbocycles. The van der Waals surface area contributed by atoms with E-state index in [4.69, 9.17) is 5.73 Å². The van der Waals surface area contributed by atoms with Gasteiger partial charge in [0.2, 0.25) is 0 Å². The van der Waals surface area contributed by atoms with Crippen LogP contribution in [0, 0.1) is 5.92 Å². The quantitative estimate of drug-likeness (QED) is 0.641. The number of nitrogens with two attached hydrogens (primary N) is 1. The van der Waals surface area contributed by atoms with Gasteiger partial charge in [0, 0.05) is 45.3 Å². The van der Waals surface area contributed by atoms with Crippen molar-refractivity contribution in [1.82, 2.24) is 15.1 Å². The van der Waals surface area contributed by atoms with Gasteiger partial charge in [-0.3, -0.25) is 4.90 Å². The Bertz CT molecular complexity index is 186. The molecule has 0 spiro atoms. The van der Waals surface area contributed by atoms with Crippen LogP contribution in [0.5, 0.6) is 0 Å². The first kappa shape index (κ1) is 11.3. The summed E-state index contributed by atoms with van der Waals surface area (Å²) >= 11 is 0. The number of nitrogens with one attached hydrogen (secondary N) is 1. The van der Waals surface area contributed by atoms with E-state index in [1.54, 1.807) is 0 Å². The molecule has 2 aliphatic heterocycles. The predicted molar refractivity (Wildman–Crippen MR) is 62.9 cm³/mol. The van der Waals surface area contributed by atoms with E-state index in [0.717, 1.165) is 25.6 Å². The minimum absolute atomic E-state index is 0.608. The molecule has 2 atom stereocenters. The topological polar surface area (TPSA) is 44.5 Å². The molecule has 0 saturated carbocycles. The molecule has 2 rings (SSSR count). The normalized spacial score (nSPS) is 32.0. The molecule has 88 valence electrons. The van der Waals surface area contributed by atoms with E-state index >= 15 is 0 Å². The SMILES string of the molecule is CN1CCC(C(CN)N2CCNCC2)C1. The molecule has 2 unspecified atom stereocenters. The maximum absolute atomic E-state index is 5.95. The largest absolute Gasteiger partial charge is 0.329 e. The third-order valence-corrected chi connectivity index (χ3v) is 3.83. The van der Waals surface area contributed by atoms with E-state index in [1.165, 1.54) is 32.6 Å². The van der Waals surface area contributed by atoms with E-state index < -0.39 is 0 Å². The lowest BCUT2D eigenvalue weighted by Crippen LogP contribution is -2.53. The fourth-order valence-corrected chi connectivity index (χ4v) is 2.94. The van der Waals surface area contributed by atoms with Crippen molar-refractivity contribution in [3.8, 4) is 0 Å². The van der Waals surface area contributed by atoms with Crippen LogP contribution < -0.4 is 11.1 Å². The van der Waals surface area contributed by atoms with Crippen molar-refractivity contribution in [2.75, 3.05) is 52.9 Å². The van der Waals surface area contributed by atoms with Crippen LogP contribution in [-0.4, -0.2) is 68.7 Å². The van der Waals surface area contributed by atoms with Gasteiger partial charge in [0.15, 0.2) is 0 Å². The summed E-state index contributed by atoms with van der Waals surface area (Å²) in [7, 11) is 2.21. The number of piperazine rings is 1. The summed E-state index contributed by atoms with van der Waals surface area (Å²) in [5, 5.41) is 3.40. The van der Waals surface area contributed by atoms with Crippen LogP contribution in [0.4, 0.5) is 0 Å². The van der Waals surface area contributed by atoms with Gasteiger partial charge < -0.3 is 16.0 Å². The molecule has 0 amide bonds. The molecule has 0 aliphatic carbocycles. The Morgan fingerprint density at radius 3 is 2.60 bits per heavy atom. The van der Waals surface area contributed by atoms with Crippen LogP contribution in [-0.2, 0) is 0 Å². The fourth-order valence-electron chi connectivity index (χ4n) is 2.94. The van der Waals surface area contributed by atoms with Gasteiger partial charge in [-0.2, -0.15) is 0 Å². The van der Waals surface area contributed by atoms with Gasteiger partial charge in [0.1, 0.15) is 0 Å². The van der Waals surface area contributed by atoms with E-state index in [2.05, 4.69) is 22.2 Å². The van der Waals surface area contributed by atoms with Crippen LogP contribution >= 0.6 is 0 Å². The maximum atomic E-state index is 5.95. The number of likely N-dealkylation sites (tertiary alicyclic amines) is 1. The molecule has 0 bridgehead atoms. The standard InChI is InChI=1S/C11H24N4/c1-14-5-2-10(9-14)11(8-12)15-6-3-13-4-7-15/h10-11,13H,2-9,12H2,1H3. The van der Waals surface area contributed by atoms with Crippen LogP contribution in [0.2, 0.25) is 0 Å². The molecule has 4 nitrogen and oxygen atoms in total. The van der Waals surface area contributed by atoms with Crippen LogP contribution in [0.25, 0.3) is 0 Å². The molecular formula is C11H24N4. The van der Waals surface area contributed by atoms with Gasteiger partial charge in [-0.05, 0) is 25.9 Å². The molecule has 0 aromatic rings. The highest BCUT2D eigenvalue weighted by Crippen LogP contribution is 2.21. The number of hydrogen-bond donors (Lipinski definition) is 2. The van der Waals surface area contributed by atoms with E-state index in [1.807, 2.05) is 0 Å². The second-order valence-corrected chi connectivity index (χ2v) is 4.90. The summed E-state index contributed by atoms with van der Waals surface area (Å²) in [6.07, 6.45) is 1.32. The van der Waals surface area contributed by atoms with Crippen molar-refractivity contribution in [2.45, 2.75) is 12.5 Å². The monoisotopic (exact) mass is 212 g/mol. The summed E-state index contributed by atoms with van der Waals surface area (Å²) in [4.78, 5) is 5.01. The van der Waals surface area contributed by atoms with E-state index in [-0.39, 0.29) is 0 Å². The Morgan fingerprint density at radius 1 is 1.33 bits per heavy atom. The van der Waals surface area contributed by atoms with E-state index in [0.29, 0.717) is 6.04 Å². The minimum Gasteiger partial charge on any atom is -0.329 e. The highest BCUT2D eigenvalue weighted by atomic mass is 15.2. The zero-order chi connectivity index (χ0) is 10.7. The molecule has 15 heavy (non-hydrogen) atoms. The highest BCUT2D eigenvalue weighted by molar-refractivity contribution is 4.88. The van der Waals surface area contributed by atoms with Gasteiger partial charge in [0.25, 0.3) is 0 Å². The average molecular weight is 212 g/mol. The second kappa shape index (κ2) is 5.25. The molecular weight excluding hydrogens is 188 g/mol. The van der Waals surface area contributed by atoms with Gasteiger partial charge in [-0.1, -0.05) is 0 Å². The summed E-state index contributed by atoms with van der Waals surface area (Å²) in [6.45, 7) is 7.87. The smallest absolute Gasteiger partial charge is 0.0260 e. The zero-order valence-corrected chi connectivity index (χ0v) is 9.78. The number of nitrogens with zero attached hydrogens (tertiary/aromatic N) is 2. The lowest BCUT2D eigenvalue weighted by Gasteiger charge is -2.37. The van der Waals surface area contributed by atoms with Gasteiger partial charge in [-0.25, -0.2) is 0 Å². The minimum atomic E-state index is 0.608. The molecule has 2 heterocycles. The molecule has 0 aromatic heterocycles. The third-order valence-electron chi connectivity index (χ3n) is 3.83. The maximum Gasteiger partial charge on any atom is 0.0260 e. The summed E-state index contributed by atoms with van der Waals surface area (Å²) < 4.78 is 0. The number of hydrogen-bond acceptors (Lipinski definition) is 4. The lowest BCUT2D eigenvalue weighted by atomic mass is 9.97. The van der Waals surface area contributed by atoms with Crippen molar-refractivity contribution in [2.24, 2.45) is 11.7 Å². The van der Waals surface area contributed by atoms with Crippen molar-refractivity contribution in [3.05, 3.63) is 0 Å². The molecule has 0 radical (unpaired) electrons. The van der Waals surface area contributed by atoms with Gasteiger partial charge in [0.05, 0.1) is 0 Å². The summed E-state index contributed by atoms with van der Waals surface area (Å²) in [5.74, 6) is 0.790. The summed E-state index contributed by atoms with van der Waals surface area (Å²) in [6, 6.07) is 0.608. The first-order chi connectivity index (χ1) is 7.31. The third kappa shape index (κ3) is 2.69. The first-order valence-electron chi connectivity index (χ1n) is 6.14. The van der Waals surface area contributed by atoms with E-state index in [9.17, 15) is 0 Å². The number of rotatable bonds is 3. The lowest BCUT2D eigenvalue weighted by molar-refractivity contribution is 0.131. The predicted octanol–water partition coefficient (Wildman–Crippen LogP) is -0.829. The molecule has 2 aliphatic rings. The van der Waals surface area contributed by atoms with Crippen LogP contribution in [0.15, 0.2) is 0 Å². The van der Waals surface area contributed by atoms with Crippen molar-refractivity contribution >= 4 is 0 Å². The fraction of sp³-hybridized carbons (Fsp3) is 1.00. The Morgan fingerprint density at radius 2 is 2.07 bits per heavy atom. The second-order valence-electron chi connectivity index (χ2n) is 4.90. The van der Waals surface area contributed by atoms with Crippen LogP contribution in [0.1, 0.15) is 6.42 Å². The van der Waals surface area contributed by atoms with Crippen molar-refractivity contribution < 1.29 is 0 Å². The van der Waals surface area contributed by atoms with Gasteiger partial charge >= 0.3 is 0 Å². The molecule has 4 heteroatoms. The molecule has 2 fully saturated rings. The van der Waals surface area contributed by atoms with Gasteiger partial charge in [-0.15, -0.1) is 0 Å². The highest BCUT2D eigenvalue weighted by Gasteiger charge is 2.31. The Kier molecular flexibility index (Phi) is 3.97. The molecule has 2 saturated heterocycles. The Hall–Kier alpha value is -0.160. The average Bonchev–Trinajstić information content (AvgIpc) is 2.68. The zero-order valence-electron chi connectivity index (χ0n) is 9.78. The van der Waals surface area contributed by atoms with Crippen molar-refractivity contribution in [1.29, 1.82) is 0 Å².